The molecular formula is C11H19N3O4S. The smallest absolute Gasteiger partial charge is 0.307 e. The largest absolute Gasteiger partial charge is 0.481 e. The summed E-state index contributed by atoms with van der Waals surface area (Å²) in [7, 11) is -2.12. The lowest BCUT2D eigenvalue weighted by molar-refractivity contribution is -0.141. The summed E-state index contributed by atoms with van der Waals surface area (Å²) in [5.74, 6) is -1.86. The number of nitrogens with zero attached hydrogens (tertiary/aromatic N) is 2. The van der Waals surface area contributed by atoms with E-state index in [1.54, 1.807) is 20.9 Å². The van der Waals surface area contributed by atoms with Gasteiger partial charge >= 0.3 is 5.97 Å². The van der Waals surface area contributed by atoms with Crippen LogP contribution in [-0.4, -0.2) is 35.3 Å². The zero-order chi connectivity index (χ0) is 15.0. The molecule has 1 aromatic heterocycles. The molecule has 0 bridgehead atoms. The van der Waals surface area contributed by atoms with Gasteiger partial charge in [-0.15, -0.1) is 0 Å². The molecule has 0 aromatic carbocycles. The second kappa shape index (κ2) is 5.30. The second-order valence-electron chi connectivity index (χ2n) is 4.66. The molecule has 0 spiro atoms. The van der Waals surface area contributed by atoms with Crippen molar-refractivity contribution in [2.45, 2.75) is 38.6 Å². The summed E-state index contributed by atoms with van der Waals surface area (Å²) in [5.41, 5.74) is 0.905. The minimum Gasteiger partial charge on any atom is -0.481 e. The molecule has 0 amide bonds. The molecule has 7 nitrogen and oxygen atoms in total. The van der Waals surface area contributed by atoms with Crippen molar-refractivity contribution in [2.24, 2.45) is 13.0 Å². The van der Waals surface area contributed by atoms with Crippen molar-refractivity contribution in [3.8, 4) is 0 Å². The van der Waals surface area contributed by atoms with Crippen molar-refractivity contribution in [3.05, 3.63) is 11.4 Å². The van der Waals surface area contributed by atoms with Gasteiger partial charge in [0, 0.05) is 13.1 Å². The normalized spacial score (nSPS) is 15.2. The summed E-state index contributed by atoms with van der Waals surface area (Å²) >= 11 is 0. The van der Waals surface area contributed by atoms with E-state index in [0.29, 0.717) is 11.4 Å². The van der Waals surface area contributed by atoms with Gasteiger partial charge in [-0.3, -0.25) is 9.48 Å². The van der Waals surface area contributed by atoms with E-state index in [1.165, 1.54) is 18.5 Å². The lowest BCUT2D eigenvalue weighted by Crippen LogP contribution is -2.40. The van der Waals surface area contributed by atoms with E-state index in [9.17, 15) is 13.2 Å². The number of aromatic nitrogens is 2. The van der Waals surface area contributed by atoms with Crippen molar-refractivity contribution in [1.29, 1.82) is 0 Å². The standard InChI is InChI=1S/C11H19N3O4S/c1-6(11(15)16)7(2)13-19(17,18)10-8(3)12-14(5)9(10)4/h6-7,13H,1-5H3,(H,15,16). The van der Waals surface area contributed by atoms with Crippen LogP contribution in [0.4, 0.5) is 0 Å². The van der Waals surface area contributed by atoms with E-state index in [-0.39, 0.29) is 4.90 Å². The Morgan fingerprint density at radius 2 is 1.89 bits per heavy atom. The number of sulfonamides is 1. The fourth-order valence-electron chi connectivity index (χ4n) is 1.76. The van der Waals surface area contributed by atoms with Crippen LogP contribution in [0.1, 0.15) is 25.2 Å². The molecule has 8 heteroatoms. The van der Waals surface area contributed by atoms with Gasteiger partial charge in [0.2, 0.25) is 10.0 Å². The maximum absolute atomic E-state index is 12.3. The molecule has 0 radical (unpaired) electrons. The Morgan fingerprint density at radius 1 is 1.37 bits per heavy atom. The van der Waals surface area contributed by atoms with Crippen LogP contribution >= 0.6 is 0 Å². The molecule has 2 atom stereocenters. The van der Waals surface area contributed by atoms with Gasteiger partial charge in [-0.1, -0.05) is 6.92 Å². The number of aryl methyl sites for hydroxylation is 2. The van der Waals surface area contributed by atoms with E-state index in [0.717, 1.165) is 0 Å². The van der Waals surface area contributed by atoms with Gasteiger partial charge in [-0.2, -0.15) is 5.10 Å². The number of carbonyl (C=O) groups is 1. The Kier molecular flexibility index (Phi) is 4.36. The molecule has 2 unspecified atom stereocenters. The van der Waals surface area contributed by atoms with Gasteiger partial charge in [-0.25, -0.2) is 13.1 Å². The molecule has 0 saturated carbocycles. The van der Waals surface area contributed by atoms with E-state index >= 15 is 0 Å². The van der Waals surface area contributed by atoms with Gasteiger partial charge in [0.1, 0.15) is 4.90 Å². The van der Waals surface area contributed by atoms with Crippen molar-refractivity contribution in [1.82, 2.24) is 14.5 Å². The Bertz CT molecular complexity index is 591. The number of carboxylic acids is 1. The van der Waals surface area contributed by atoms with Gasteiger partial charge in [0.25, 0.3) is 0 Å². The van der Waals surface area contributed by atoms with Crippen molar-refractivity contribution >= 4 is 16.0 Å². The molecule has 0 fully saturated rings. The summed E-state index contributed by atoms with van der Waals surface area (Å²) < 4.78 is 28.4. The Morgan fingerprint density at radius 3 is 2.26 bits per heavy atom. The topological polar surface area (TPSA) is 101 Å². The Labute approximate surface area is 112 Å². The number of carboxylic acid groups (broad SMARTS) is 1. The molecule has 0 aliphatic carbocycles. The van der Waals surface area contributed by atoms with Crippen molar-refractivity contribution in [2.75, 3.05) is 0 Å². The van der Waals surface area contributed by atoms with Gasteiger partial charge < -0.3 is 5.11 Å². The summed E-state index contributed by atoms with van der Waals surface area (Å²) in [6.07, 6.45) is 0. The van der Waals surface area contributed by atoms with Crippen LogP contribution in [0.15, 0.2) is 4.90 Å². The first kappa shape index (κ1) is 15.6. The van der Waals surface area contributed by atoms with Gasteiger partial charge in [0.15, 0.2) is 0 Å². The number of hydrogen-bond acceptors (Lipinski definition) is 4. The highest BCUT2D eigenvalue weighted by Crippen LogP contribution is 2.19. The SMILES string of the molecule is Cc1nn(C)c(C)c1S(=O)(=O)NC(C)C(C)C(=O)O. The Hall–Kier alpha value is -1.41. The third-order valence-corrected chi connectivity index (χ3v) is 5.00. The fraction of sp³-hybridized carbons (Fsp3) is 0.636. The van der Waals surface area contributed by atoms with E-state index in [2.05, 4.69) is 9.82 Å². The zero-order valence-corrected chi connectivity index (χ0v) is 12.4. The van der Waals surface area contributed by atoms with Crippen LogP contribution in [0, 0.1) is 19.8 Å². The quantitative estimate of drug-likeness (QED) is 0.818. The van der Waals surface area contributed by atoms with Crippen LogP contribution in [0.3, 0.4) is 0 Å². The number of hydrogen-bond donors (Lipinski definition) is 2. The molecule has 108 valence electrons. The van der Waals surface area contributed by atoms with Crippen LogP contribution in [-0.2, 0) is 21.9 Å². The molecule has 19 heavy (non-hydrogen) atoms. The minimum atomic E-state index is -3.78. The first-order chi connectivity index (χ1) is 8.58. The molecule has 0 saturated heterocycles. The van der Waals surface area contributed by atoms with E-state index < -0.39 is 28.0 Å². The Balaban J connectivity index is 3.09. The first-order valence-corrected chi connectivity index (χ1v) is 7.31. The maximum atomic E-state index is 12.3. The summed E-state index contributed by atoms with van der Waals surface area (Å²) in [5, 5.41) is 12.9. The molecular weight excluding hydrogens is 270 g/mol. The second-order valence-corrected chi connectivity index (χ2v) is 6.31. The maximum Gasteiger partial charge on any atom is 0.307 e. The van der Waals surface area contributed by atoms with Crippen LogP contribution in [0.25, 0.3) is 0 Å². The highest BCUT2D eigenvalue weighted by atomic mass is 32.2. The lowest BCUT2D eigenvalue weighted by Gasteiger charge is -2.17. The summed E-state index contributed by atoms with van der Waals surface area (Å²) in [4.78, 5) is 11.0. The van der Waals surface area contributed by atoms with Crippen molar-refractivity contribution in [3.63, 3.8) is 0 Å². The molecule has 0 aliphatic heterocycles. The van der Waals surface area contributed by atoms with E-state index in [1.807, 2.05) is 0 Å². The van der Waals surface area contributed by atoms with Crippen LogP contribution in [0.5, 0.6) is 0 Å². The molecule has 0 aliphatic rings. The minimum absolute atomic E-state index is 0.111. The molecule has 1 heterocycles. The number of nitrogens with one attached hydrogen (secondary N) is 1. The monoisotopic (exact) mass is 289 g/mol. The van der Waals surface area contributed by atoms with Gasteiger partial charge in [-0.05, 0) is 20.8 Å². The average Bonchev–Trinajstić information content (AvgIpc) is 2.51. The fourth-order valence-corrected chi connectivity index (χ4v) is 3.52. The first-order valence-electron chi connectivity index (χ1n) is 5.83. The predicted molar refractivity (Wildman–Crippen MR) is 69.3 cm³/mol. The highest BCUT2D eigenvalue weighted by molar-refractivity contribution is 7.89. The molecule has 2 N–H and O–H groups in total. The number of rotatable bonds is 5. The summed E-state index contributed by atoms with van der Waals surface area (Å²) in [6, 6.07) is -0.707. The summed E-state index contributed by atoms with van der Waals surface area (Å²) in [6.45, 7) is 6.24. The third-order valence-electron chi connectivity index (χ3n) is 3.19. The lowest BCUT2D eigenvalue weighted by atomic mass is 10.1. The van der Waals surface area contributed by atoms with Gasteiger partial charge in [0.05, 0.1) is 17.3 Å². The van der Waals surface area contributed by atoms with Crippen LogP contribution < -0.4 is 4.72 Å². The molecule has 1 rings (SSSR count). The number of aliphatic carboxylic acids is 1. The average molecular weight is 289 g/mol. The zero-order valence-electron chi connectivity index (χ0n) is 11.6. The van der Waals surface area contributed by atoms with Crippen molar-refractivity contribution < 1.29 is 18.3 Å². The third kappa shape index (κ3) is 3.13. The molecule has 1 aromatic rings. The van der Waals surface area contributed by atoms with Crippen LogP contribution in [0.2, 0.25) is 0 Å². The highest BCUT2D eigenvalue weighted by Gasteiger charge is 2.29. The predicted octanol–water partition coefficient (Wildman–Crippen LogP) is 0.424. The van der Waals surface area contributed by atoms with E-state index in [4.69, 9.17) is 5.11 Å².